The molecule has 0 aromatic heterocycles. The minimum atomic E-state index is -0.519. The Morgan fingerprint density at radius 2 is 1.76 bits per heavy atom. The van der Waals surface area contributed by atoms with Crippen molar-refractivity contribution in [1.29, 1.82) is 0 Å². The Morgan fingerprint density at radius 3 is 2.44 bits per heavy atom. The molecule has 0 fully saturated rings. The van der Waals surface area contributed by atoms with Crippen molar-refractivity contribution in [2.75, 3.05) is 19.6 Å². The predicted octanol–water partition coefficient (Wildman–Crippen LogP) is 2.53. The van der Waals surface area contributed by atoms with Crippen LogP contribution in [0, 0.1) is 5.82 Å². The van der Waals surface area contributed by atoms with Gasteiger partial charge in [0.25, 0.3) is 0 Å². The van der Waals surface area contributed by atoms with Gasteiger partial charge in [0.2, 0.25) is 0 Å². The summed E-state index contributed by atoms with van der Waals surface area (Å²) in [5, 5.41) is 16.6. The van der Waals surface area contributed by atoms with Crippen molar-refractivity contribution in [1.82, 2.24) is 10.6 Å². The van der Waals surface area contributed by atoms with E-state index in [0.29, 0.717) is 25.5 Å². The van der Waals surface area contributed by atoms with Crippen LogP contribution in [0.2, 0.25) is 0 Å². The third-order valence-corrected chi connectivity index (χ3v) is 3.74. The zero-order valence-electron chi connectivity index (χ0n) is 14.6. The highest BCUT2D eigenvalue weighted by atomic mass is 19.1. The van der Waals surface area contributed by atoms with Crippen molar-refractivity contribution >= 4 is 5.96 Å². The van der Waals surface area contributed by atoms with Crippen LogP contribution in [0.1, 0.15) is 18.1 Å². The molecule has 2 aromatic rings. The van der Waals surface area contributed by atoms with Crippen molar-refractivity contribution in [3.8, 4) is 0 Å². The lowest BCUT2D eigenvalue weighted by Gasteiger charge is -2.13. The summed E-state index contributed by atoms with van der Waals surface area (Å²) in [6, 6.07) is 16.4. The Morgan fingerprint density at radius 1 is 1.04 bits per heavy atom. The third-order valence-electron chi connectivity index (χ3n) is 3.74. The van der Waals surface area contributed by atoms with E-state index in [9.17, 15) is 9.50 Å². The largest absolute Gasteiger partial charge is 0.391 e. The van der Waals surface area contributed by atoms with E-state index in [1.807, 2.05) is 37.3 Å². The number of aliphatic imine (C=N–C) groups is 1. The van der Waals surface area contributed by atoms with Gasteiger partial charge in [-0.15, -0.1) is 0 Å². The topological polar surface area (TPSA) is 56.7 Å². The fourth-order valence-corrected chi connectivity index (χ4v) is 2.47. The molecule has 0 saturated carbocycles. The predicted molar refractivity (Wildman–Crippen MR) is 100 cm³/mol. The van der Waals surface area contributed by atoms with Gasteiger partial charge < -0.3 is 15.7 Å². The third kappa shape index (κ3) is 7.35. The molecule has 0 aliphatic heterocycles. The first-order chi connectivity index (χ1) is 12.2. The second kappa shape index (κ2) is 10.5. The van der Waals surface area contributed by atoms with Crippen LogP contribution in [0.15, 0.2) is 59.6 Å². The zero-order valence-corrected chi connectivity index (χ0v) is 14.6. The summed E-state index contributed by atoms with van der Waals surface area (Å²) in [4.78, 5) is 4.44. The van der Waals surface area contributed by atoms with E-state index in [0.717, 1.165) is 24.1 Å². The summed E-state index contributed by atoms with van der Waals surface area (Å²) in [6.45, 7) is 3.77. The van der Waals surface area contributed by atoms with Gasteiger partial charge in [0, 0.05) is 19.5 Å². The molecule has 5 heteroatoms. The lowest BCUT2D eigenvalue weighted by atomic mass is 10.1. The van der Waals surface area contributed by atoms with Gasteiger partial charge in [0.1, 0.15) is 5.82 Å². The van der Waals surface area contributed by atoms with Crippen molar-refractivity contribution in [3.63, 3.8) is 0 Å². The lowest BCUT2D eigenvalue weighted by molar-refractivity contribution is 0.183. The molecule has 1 unspecified atom stereocenters. The highest BCUT2D eigenvalue weighted by Crippen LogP contribution is 2.04. The molecule has 0 aliphatic rings. The fraction of sp³-hybridized carbons (Fsp3) is 0.350. The van der Waals surface area contributed by atoms with Gasteiger partial charge in [-0.05, 0) is 36.6 Å². The lowest BCUT2D eigenvalue weighted by Crippen LogP contribution is -2.39. The summed E-state index contributed by atoms with van der Waals surface area (Å²) >= 11 is 0. The summed E-state index contributed by atoms with van der Waals surface area (Å²) in [5.74, 6) is 0.454. The van der Waals surface area contributed by atoms with Crippen molar-refractivity contribution in [2.45, 2.75) is 25.9 Å². The molecule has 0 bridgehead atoms. The molecule has 2 rings (SSSR count). The van der Waals surface area contributed by atoms with Gasteiger partial charge in [0.05, 0.1) is 12.6 Å². The molecular formula is C20H26FN3O. The number of benzene rings is 2. The molecule has 3 N–H and O–H groups in total. The molecule has 2 aromatic carbocycles. The first-order valence-corrected chi connectivity index (χ1v) is 8.66. The number of halogens is 1. The second-order valence-electron chi connectivity index (χ2n) is 5.87. The molecule has 1 atom stereocenters. The molecule has 134 valence electrons. The average molecular weight is 343 g/mol. The van der Waals surface area contributed by atoms with E-state index in [1.54, 1.807) is 12.1 Å². The summed E-state index contributed by atoms with van der Waals surface area (Å²) in [6.07, 6.45) is 0.839. The standard InChI is InChI=1S/C20H26FN3O/c1-2-22-20(23-13-12-16-8-10-18(21)11-9-16)24-15-19(25)14-17-6-4-3-5-7-17/h3-11,19,25H,2,12-15H2,1H3,(H2,22,23,24). The number of nitrogens with zero attached hydrogens (tertiary/aromatic N) is 1. The fourth-order valence-electron chi connectivity index (χ4n) is 2.47. The van der Waals surface area contributed by atoms with Gasteiger partial charge >= 0.3 is 0 Å². The van der Waals surface area contributed by atoms with Crippen LogP contribution < -0.4 is 10.6 Å². The van der Waals surface area contributed by atoms with Crippen LogP contribution in [0.5, 0.6) is 0 Å². The number of aliphatic hydroxyl groups excluding tert-OH is 1. The van der Waals surface area contributed by atoms with E-state index in [-0.39, 0.29) is 5.82 Å². The smallest absolute Gasteiger partial charge is 0.191 e. The quantitative estimate of drug-likeness (QED) is 0.510. The van der Waals surface area contributed by atoms with Gasteiger partial charge in [-0.3, -0.25) is 4.99 Å². The molecule has 0 aliphatic carbocycles. The van der Waals surface area contributed by atoms with Gasteiger partial charge in [-0.1, -0.05) is 42.5 Å². The SMILES string of the molecule is CCNC(=NCC(O)Cc1ccccc1)NCCc1ccc(F)cc1. The maximum absolute atomic E-state index is 12.9. The first-order valence-electron chi connectivity index (χ1n) is 8.66. The number of aliphatic hydroxyl groups is 1. The normalized spacial score (nSPS) is 12.7. The van der Waals surface area contributed by atoms with Crippen molar-refractivity contribution in [3.05, 3.63) is 71.5 Å². The van der Waals surface area contributed by atoms with E-state index in [2.05, 4.69) is 15.6 Å². The average Bonchev–Trinajstić information content (AvgIpc) is 2.62. The highest BCUT2D eigenvalue weighted by Gasteiger charge is 2.06. The van der Waals surface area contributed by atoms with Crippen LogP contribution in [0.25, 0.3) is 0 Å². The number of rotatable bonds is 8. The van der Waals surface area contributed by atoms with E-state index in [4.69, 9.17) is 0 Å². The summed E-state index contributed by atoms with van der Waals surface area (Å²) in [7, 11) is 0. The molecule has 0 amide bonds. The second-order valence-corrected chi connectivity index (χ2v) is 5.87. The minimum Gasteiger partial charge on any atom is -0.391 e. The Balaban J connectivity index is 1.79. The molecule has 0 saturated heterocycles. The number of hydrogen-bond donors (Lipinski definition) is 3. The monoisotopic (exact) mass is 343 g/mol. The maximum atomic E-state index is 12.9. The van der Waals surface area contributed by atoms with E-state index in [1.165, 1.54) is 12.1 Å². The van der Waals surface area contributed by atoms with Crippen LogP contribution in [0.3, 0.4) is 0 Å². The zero-order chi connectivity index (χ0) is 17.9. The minimum absolute atomic E-state index is 0.223. The maximum Gasteiger partial charge on any atom is 0.191 e. The number of nitrogens with one attached hydrogen (secondary N) is 2. The van der Waals surface area contributed by atoms with Crippen LogP contribution in [-0.2, 0) is 12.8 Å². The van der Waals surface area contributed by atoms with Crippen molar-refractivity contribution < 1.29 is 9.50 Å². The first kappa shape index (κ1) is 18.9. The molecule has 0 radical (unpaired) electrons. The summed E-state index contributed by atoms with van der Waals surface area (Å²) in [5.41, 5.74) is 2.16. The Bertz CT molecular complexity index is 644. The number of guanidine groups is 1. The van der Waals surface area contributed by atoms with Gasteiger partial charge in [-0.2, -0.15) is 0 Å². The Kier molecular flexibility index (Phi) is 7.92. The van der Waals surface area contributed by atoms with Crippen LogP contribution >= 0.6 is 0 Å². The van der Waals surface area contributed by atoms with Gasteiger partial charge in [0.15, 0.2) is 5.96 Å². The summed E-state index contributed by atoms with van der Waals surface area (Å²) < 4.78 is 12.9. The van der Waals surface area contributed by atoms with Crippen molar-refractivity contribution in [2.24, 2.45) is 4.99 Å². The van der Waals surface area contributed by atoms with Crippen LogP contribution in [0.4, 0.5) is 4.39 Å². The highest BCUT2D eigenvalue weighted by molar-refractivity contribution is 5.79. The van der Waals surface area contributed by atoms with Crippen LogP contribution in [-0.4, -0.2) is 36.8 Å². The molecule has 4 nitrogen and oxygen atoms in total. The Hall–Kier alpha value is -2.40. The van der Waals surface area contributed by atoms with Gasteiger partial charge in [-0.25, -0.2) is 4.39 Å². The molecule has 0 spiro atoms. The molecular weight excluding hydrogens is 317 g/mol. The Labute approximate surface area is 148 Å². The van der Waals surface area contributed by atoms with E-state index >= 15 is 0 Å². The molecule has 25 heavy (non-hydrogen) atoms. The number of hydrogen-bond acceptors (Lipinski definition) is 2. The van der Waals surface area contributed by atoms with E-state index < -0.39 is 6.10 Å². The molecule has 0 heterocycles.